The Balaban J connectivity index is 1.86. The van der Waals surface area contributed by atoms with Gasteiger partial charge in [-0.3, -0.25) is 4.90 Å². The predicted molar refractivity (Wildman–Crippen MR) is 84.0 cm³/mol. The summed E-state index contributed by atoms with van der Waals surface area (Å²) in [6.45, 7) is 7.11. The number of likely N-dealkylation sites (N-methyl/N-ethyl adjacent to an activating group) is 2. The second kappa shape index (κ2) is 6.73. The average Bonchev–Trinajstić information content (AvgIpc) is 3.21. The lowest BCUT2D eigenvalue weighted by atomic mass is 9.92. The summed E-state index contributed by atoms with van der Waals surface area (Å²) >= 11 is 0. The molecule has 3 unspecified atom stereocenters. The van der Waals surface area contributed by atoms with E-state index in [1.807, 2.05) is 0 Å². The van der Waals surface area contributed by atoms with Gasteiger partial charge in [-0.25, -0.2) is 0 Å². The van der Waals surface area contributed by atoms with Crippen LogP contribution in [0, 0.1) is 0 Å². The maximum absolute atomic E-state index is 9.76. The highest BCUT2D eigenvalue weighted by Crippen LogP contribution is 2.26. The quantitative estimate of drug-likeness (QED) is 0.738. The van der Waals surface area contributed by atoms with E-state index < -0.39 is 0 Å². The molecule has 2 N–H and O–H groups in total. The first-order valence-electron chi connectivity index (χ1n) is 8.22. The van der Waals surface area contributed by atoms with E-state index in [4.69, 9.17) is 0 Å². The van der Waals surface area contributed by atoms with Crippen LogP contribution in [0.2, 0.25) is 0 Å². The number of hydrogen-bond donors (Lipinski definition) is 2. The summed E-state index contributed by atoms with van der Waals surface area (Å²) in [6.07, 6.45) is 6.16. The molecule has 1 heterocycles. The monoisotopic (exact) mass is 283 g/mol. The number of rotatable bonds is 7. The highest BCUT2D eigenvalue weighted by atomic mass is 16.3. The van der Waals surface area contributed by atoms with Gasteiger partial charge in [0.25, 0.3) is 0 Å². The highest BCUT2D eigenvalue weighted by Gasteiger charge is 2.35. The molecule has 1 aliphatic heterocycles. The Kier molecular flexibility index (Phi) is 5.46. The zero-order valence-electron chi connectivity index (χ0n) is 13.7. The largest absolute Gasteiger partial charge is 0.394 e. The molecule has 1 aliphatic carbocycles. The van der Waals surface area contributed by atoms with E-state index in [2.05, 4.69) is 43.1 Å². The molecule has 2 fully saturated rings. The molecule has 118 valence electrons. The van der Waals surface area contributed by atoms with Crippen LogP contribution in [0.3, 0.4) is 0 Å². The van der Waals surface area contributed by atoms with Gasteiger partial charge in [-0.15, -0.1) is 0 Å². The van der Waals surface area contributed by atoms with E-state index in [0.717, 1.165) is 6.42 Å². The number of aliphatic hydroxyl groups is 1. The summed E-state index contributed by atoms with van der Waals surface area (Å²) in [7, 11) is 4.47. The van der Waals surface area contributed by atoms with Gasteiger partial charge >= 0.3 is 0 Å². The lowest BCUT2D eigenvalue weighted by Crippen LogP contribution is -2.54. The van der Waals surface area contributed by atoms with E-state index in [9.17, 15) is 5.11 Å². The summed E-state index contributed by atoms with van der Waals surface area (Å²) in [6, 6.07) is 1.80. The molecule has 0 amide bonds. The number of nitrogens with zero attached hydrogens (tertiary/aromatic N) is 2. The molecule has 0 aromatic carbocycles. The topological polar surface area (TPSA) is 38.7 Å². The molecule has 0 spiro atoms. The molecule has 20 heavy (non-hydrogen) atoms. The smallest absolute Gasteiger partial charge is 0.0611 e. The van der Waals surface area contributed by atoms with Crippen LogP contribution in [0.4, 0.5) is 0 Å². The van der Waals surface area contributed by atoms with Gasteiger partial charge < -0.3 is 15.3 Å². The van der Waals surface area contributed by atoms with Crippen molar-refractivity contribution in [1.29, 1.82) is 0 Å². The number of nitrogens with one attached hydrogen (secondary N) is 1. The average molecular weight is 283 g/mol. The Labute approximate surface area is 124 Å². The fraction of sp³-hybridized carbons (Fsp3) is 1.00. The third kappa shape index (κ3) is 4.42. The molecule has 4 heteroatoms. The van der Waals surface area contributed by atoms with Crippen molar-refractivity contribution in [3.8, 4) is 0 Å². The summed E-state index contributed by atoms with van der Waals surface area (Å²) in [5, 5.41) is 13.4. The summed E-state index contributed by atoms with van der Waals surface area (Å²) in [5.74, 6) is 0. The zero-order chi connectivity index (χ0) is 14.8. The normalized spacial score (nSPS) is 29.4. The maximum Gasteiger partial charge on any atom is 0.0611 e. The second-order valence-electron chi connectivity index (χ2n) is 7.41. The zero-order valence-corrected chi connectivity index (χ0v) is 13.7. The molecule has 4 nitrogen and oxygen atoms in total. The molecule has 1 saturated heterocycles. The Morgan fingerprint density at radius 3 is 2.65 bits per heavy atom. The summed E-state index contributed by atoms with van der Waals surface area (Å²) in [5.41, 5.74) is -0.130. The van der Waals surface area contributed by atoms with Gasteiger partial charge in [-0.05, 0) is 66.6 Å². The van der Waals surface area contributed by atoms with Crippen molar-refractivity contribution in [2.75, 3.05) is 33.8 Å². The van der Waals surface area contributed by atoms with E-state index >= 15 is 0 Å². The minimum Gasteiger partial charge on any atom is -0.394 e. The van der Waals surface area contributed by atoms with E-state index in [-0.39, 0.29) is 12.1 Å². The fourth-order valence-corrected chi connectivity index (χ4v) is 3.52. The van der Waals surface area contributed by atoms with Gasteiger partial charge in [-0.2, -0.15) is 0 Å². The summed E-state index contributed by atoms with van der Waals surface area (Å²) in [4.78, 5) is 4.96. The van der Waals surface area contributed by atoms with Crippen LogP contribution in [-0.2, 0) is 0 Å². The third-order valence-electron chi connectivity index (χ3n) is 5.10. The van der Waals surface area contributed by atoms with Crippen molar-refractivity contribution in [2.45, 2.75) is 69.6 Å². The predicted octanol–water partition coefficient (Wildman–Crippen LogP) is 1.29. The van der Waals surface area contributed by atoms with Crippen LogP contribution in [0.5, 0.6) is 0 Å². The lowest BCUT2D eigenvalue weighted by Gasteiger charge is -2.42. The molecule has 2 rings (SSSR count). The van der Waals surface area contributed by atoms with Crippen LogP contribution >= 0.6 is 0 Å². The molecule has 0 aromatic heterocycles. The fourth-order valence-electron chi connectivity index (χ4n) is 3.52. The second-order valence-corrected chi connectivity index (χ2v) is 7.41. The van der Waals surface area contributed by atoms with Gasteiger partial charge in [0, 0.05) is 30.2 Å². The minimum absolute atomic E-state index is 0.130. The molecule has 2 aliphatic rings. The Bertz CT molecular complexity index is 308. The lowest BCUT2D eigenvalue weighted by molar-refractivity contribution is 0.0728. The van der Waals surface area contributed by atoms with Gasteiger partial charge in [0.15, 0.2) is 0 Å². The summed E-state index contributed by atoms with van der Waals surface area (Å²) < 4.78 is 0. The number of aliphatic hydroxyl groups excluding tert-OH is 1. The number of likely N-dealkylation sites (tertiary alicyclic amines) is 1. The van der Waals surface area contributed by atoms with Crippen molar-refractivity contribution in [1.82, 2.24) is 15.1 Å². The molecule has 0 aromatic rings. The van der Waals surface area contributed by atoms with Crippen LogP contribution in [0.1, 0.15) is 46.0 Å². The van der Waals surface area contributed by atoms with E-state index in [1.54, 1.807) is 0 Å². The van der Waals surface area contributed by atoms with Crippen molar-refractivity contribution >= 4 is 0 Å². The Morgan fingerprint density at radius 2 is 2.10 bits per heavy atom. The van der Waals surface area contributed by atoms with Crippen LogP contribution in [0.15, 0.2) is 0 Å². The molecule has 0 radical (unpaired) electrons. The van der Waals surface area contributed by atoms with Gasteiger partial charge in [0.05, 0.1) is 6.61 Å². The molecule has 3 atom stereocenters. The maximum atomic E-state index is 9.76. The van der Waals surface area contributed by atoms with Crippen molar-refractivity contribution in [3.63, 3.8) is 0 Å². The Hall–Kier alpha value is -0.160. The van der Waals surface area contributed by atoms with E-state index in [1.165, 1.54) is 38.8 Å². The van der Waals surface area contributed by atoms with Crippen molar-refractivity contribution in [3.05, 3.63) is 0 Å². The van der Waals surface area contributed by atoms with Gasteiger partial charge in [0.1, 0.15) is 0 Å². The van der Waals surface area contributed by atoms with Crippen LogP contribution in [-0.4, -0.2) is 72.4 Å². The van der Waals surface area contributed by atoms with E-state index in [0.29, 0.717) is 18.1 Å². The van der Waals surface area contributed by atoms with Crippen molar-refractivity contribution < 1.29 is 5.11 Å². The molecule has 1 saturated carbocycles. The van der Waals surface area contributed by atoms with Crippen molar-refractivity contribution in [2.24, 2.45) is 0 Å². The minimum atomic E-state index is -0.130. The number of hydrogen-bond acceptors (Lipinski definition) is 4. The number of piperidine rings is 1. The highest BCUT2D eigenvalue weighted by molar-refractivity contribution is 4.95. The molecule has 0 bridgehead atoms. The van der Waals surface area contributed by atoms with Crippen LogP contribution in [0.25, 0.3) is 0 Å². The van der Waals surface area contributed by atoms with Gasteiger partial charge in [0.2, 0.25) is 0 Å². The van der Waals surface area contributed by atoms with Gasteiger partial charge in [-0.1, -0.05) is 0 Å². The first kappa shape index (κ1) is 16.2. The van der Waals surface area contributed by atoms with Crippen LogP contribution < -0.4 is 5.32 Å². The standard InChI is InChI=1S/C16H33N3O/c1-13(10-16(2,12-20)17-14-7-8-14)19(4)15-6-5-9-18(3)11-15/h13-15,17,20H,5-12H2,1-4H3. The Morgan fingerprint density at radius 1 is 1.40 bits per heavy atom. The molecular formula is C16H33N3O. The third-order valence-corrected chi connectivity index (χ3v) is 5.10. The first-order chi connectivity index (χ1) is 9.43. The molecular weight excluding hydrogens is 250 g/mol. The first-order valence-corrected chi connectivity index (χ1v) is 8.22. The SMILES string of the molecule is CC(CC(C)(CO)NC1CC1)N(C)C1CCCN(C)C1.